The van der Waals surface area contributed by atoms with E-state index in [0.29, 0.717) is 21.4 Å². The number of rotatable bonds is 2. The van der Waals surface area contributed by atoms with E-state index in [4.69, 9.17) is 23.2 Å². The summed E-state index contributed by atoms with van der Waals surface area (Å²) in [5.74, 6) is 0. The predicted molar refractivity (Wildman–Crippen MR) is 90.8 cm³/mol. The molecule has 3 rings (SSSR count). The van der Waals surface area contributed by atoms with Crippen molar-refractivity contribution in [3.05, 3.63) is 64.8 Å². The molecule has 0 saturated carbocycles. The van der Waals surface area contributed by atoms with Gasteiger partial charge in [0.05, 0.1) is 15.6 Å². The topological polar surface area (TPSA) is 54.0 Å². The number of hydrogen-bond donors (Lipinski definition) is 2. The van der Waals surface area contributed by atoms with E-state index in [-0.39, 0.29) is 6.03 Å². The molecule has 110 valence electrons. The number of pyridine rings is 1. The molecule has 0 atom stereocenters. The van der Waals surface area contributed by atoms with Crippen LogP contribution in [0.25, 0.3) is 10.9 Å². The number of halogens is 2. The number of benzene rings is 2. The van der Waals surface area contributed by atoms with E-state index >= 15 is 0 Å². The van der Waals surface area contributed by atoms with Gasteiger partial charge in [0.15, 0.2) is 0 Å². The van der Waals surface area contributed by atoms with Gasteiger partial charge in [0.2, 0.25) is 0 Å². The van der Waals surface area contributed by atoms with Gasteiger partial charge in [-0.05, 0) is 42.5 Å². The fraction of sp³-hybridized carbons (Fsp3) is 0. The molecule has 6 heteroatoms. The largest absolute Gasteiger partial charge is 0.323 e. The standard InChI is InChI=1S/C16H11Cl2N3O/c17-13-5-3-12(9-14(13)18)21-16(22)20-11-4-6-15-10(8-11)2-1-7-19-15/h1-9H,(H2,20,21,22). The molecule has 0 aliphatic rings. The number of anilines is 2. The van der Waals surface area contributed by atoms with Crippen LogP contribution in [-0.2, 0) is 0 Å². The Morgan fingerprint density at radius 2 is 1.64 bits per heavy atom. The average Bonchev–Trinajstić information content (AvgIpc) is 2.51. The van der Waals surface area contributed by atoms with Crippen molar-refractivity contribution in [2.24, 2.45) is 0 Å². The molecule has 0 fully saturated rings. The quantitative estimate of drug-likeness (QED) is 0.679. The maximum atomic E-state index is 12.0. The lowest BCUT2D eigenvalue weighted by Gasteiger charge is -2.09. The molecule has 0 spiro atoms. The minimum Gasteiger partial charge on any atom is -0.308 e. The number of nitrogens with one attached hydrogen (secondary N) is 2. The maximum absolute atomic E-state index is 12.0. The minimum atomic E-state index is -0.360. The Balaban J connectivity index is 1.73. The molecular weight excluding hydrogens is 321 g/mol. The highest BCUT2D eigenvalue weighted by Crippen LogP contribution is 2.25. The van der Waals surface area contributed by atoms with E-state index in [1.54, 1.807) is 30.5 Å². The van der Waals surface area contributed by atoms with Crippen LogP contribution in [0.3, 0.4) is 0 Å². The zero-order chi connectivity index (χ0) is 15.5. The Morgan fingerprint density at radius 1 is 0.909 bits per heavy atom. The molecule has 0 aliphatic heterocycles. The van der Waals surface area contributed by atoms with Crippen LogP contribution in [0, 0.1) is 0 Å². The Bertz CT molecular complexity index is 852. The molecule has 4 nitrogen and oxygen atoms in total. The van der Waals surface area contributed by atoms with Crippen LogP contribution in [0.5, 0.6) is 0 Å². The van der Waals surface area contributed by atoms with Gasteiger partial charge in [-0.3, -0.25) is 4.98 Å². The third kappa shape index (κ3) is 3.30. The molecular formula is C16H11Cl2N3O. The summed E-state index contributed by atoms with van der Waals surface area (Å²) in [5, 5.41) is 7.24. The van der Waals surface area contributed by atoms with Crippen LogP contribution in [0.1, 0.15) is 0 Å². The van der Waals surface area contributed by atoms with Crippen molar-refractivity contribution < 1.29 is 4.79 Å². The van der Waals surface area contributed by atoms with E-state index in [1.807, 2.05) is 24.3 Å². The van der Waals surface area contributed by atoms with E-state index in [0.717, 1.165) is 10.9 Å². The second kappa shape index (κ2) is 6.22. The first kappa shape index (κ1) is 14.6. The van der Waals surface area contributed by atoms with Crippen LogP contribution >= 0.6 is 23.2 Å². The number of aromatic nitrogens is 1. The SMILES string of the molecule is O=C(Nc1ccc(Cl)c(Cl)c1)Nc1ccc2ncccc2c1. The van der Waals surface area contributed by atoms with Crippen LogP contribution in [0.15, 0.2) is 54.7 Å². The van der Waals surface area contributed by atoms with Crippen molar-refractivity contribution in [1.82, 2.24) is 4.98 Å². The van der Waals surface area contributed by atoms with E-state index < -0.39 is 0 Å². The highest BCUT2D eigenvalue weighted by atomic mass is 35.5. The zero-order valence-electron chi connectivity index (χ0n) is 11.3. The van der Waals surface area contributed by atoms with Gasteiger partial charge >= 0.3 is 6.03 Å². The number of carbonyl (C=O) groups is 1. The van der Waals surface area contributed by atoms with E-state index in [1.165, 1.54) is 0 Å². The van der Waals surface area contributed by atoms with Gasteiger partial charge in [-0.15, -0.1) is 0 Å². The molecule has 2 amide bonds. The van der Waals surface area contributed by atoms with Crippen molar-refractivity contribution in [3.63, 3.8) is 0 Å². The fourth-order valence-electron chi connectivity index (χ4n) is 2.02. The number of urea groups is 1. The van der Waals surface area contributed by atoms with Crippen LogP contribution in [0.2, 0.25) is 10.0 Å². The predicted octanol–water partition coefficient (Wildman–Crippen LogP) is 5.19. The molecule has 1 heterocycles. The summed E-state index contributed by atoms with van der Waals surface area (Å²) >= 11 is 11.7. The van der Waals surface area contributed by atoms with Crippen molar-refractivity contribution in [3.8, 4) is 0 Å². The number of fused-ring (bicyclic) bond motifs is 1. The Hall–Kier alpha value is -2.30. The summed E-state index contributed by atoms with van der Waals surface area (Å²) in [7, 11) is 0. The molecule has 3 aromatic rings. The number of hydrogen-bond acceptors (Lipinski definition) is 2. The van der Waals surface area contributed by atoms with Crippen molar-refractivity contribution in [2.75, 3.05) is 10.6 Å². The molecule has 0 radical (unpaired) electrons. The zero-order valence-corrected chi connectivity index (χ0v) is 12.8. The average molecular weight is 332 g/mol. The third-order valence-corrected chi connectivity index (χ3v) is 3.78. The number of amides is 2. The van der Waals surface area contributed by atoms with Crippen molar-refractivity contribution in [1.29, 1.82) is 0 Å². The summed E-state index contributed by atoms with van der Waals surface area (Å²) < 4.78 is 0. The second-order valence-electron chi connectivity index (χ2n) is 4.62. The first-order valence-electron chi connectivity index (χ1n) is 6.50. The summed E-state index contributed by atoms with van der Waals surface area (Å²) in [5.41, 5.74) is 2.12. The molecule has 1 aromatic heterocycles. The highest BCUT2D eigenvalue weighted by Gasteiger charge is 2.05. The van der Waals surface area contributed by atoms with E-state index in [9.17, 15) is 4.79 Å². The monoisotopic (exact) mass is 331 g/mol. The summed E-state index contributed by atoms with van der Waals surface area (Å²) in [6.45, 7) is 0. The van der Waals surface area contributed by atoms with Gasteiger partial charge in [-0.2, -0.15) is 0 Å². The van der Waals surface area contributed by atoms with Gasteiger partial charge in [0.1, 0.15) is 0 Å². The summed E-state index contributed by atoms with van der Waals surface area (Å²) in [4.78, 5) is 16.2. The lowest BCUT2D eigenvalue weighted by Crippen LogP contribution is -2.19. The smallest absolute Gasteiger partial charge is 0.308 e. The maximum Gasteiger partial charge on any atom is 0.323 e. The van der Waals surface area contributed by atoms with Crippen LogP contribution in [0.4, 0.5) is 16.2 Å². The van der Waals surface area contributed by atoms with Crippen LogP contribution < -0.4 is 10.6 Å². The Kier molecular flexibility index (Phi) is 4.13. The first-order valence-corrected chi connectivity index (χ1v) is 7.25. The highest BCUT2D eigenvalue weighted by molar-refractivity contribution is 6.42. The van der Waals surface area contributed by atoms with Gasteiger partial charge in [-0.1, -0.05) is 29.3 Å². The molecule has 22 heavy (non-hydrogen) atoms. The van der Waals surface area contributed by atoms with Gasteiger partial charge in [-0.25, -0.2) is 4.79 Å². The van der Waals surface area contributed by atoms with Crippen molar-refractivity contribution >= 4 is 51.5 Å². The van der Waals surface area contributed by atoms with Gasteiger partial charge in [0.25, 0.3) is 0 Å². The molecule has 0 bridgehead atoms. The molecule has 2 aromatic carbocycles. The lowest BCUT2D eigenvalue weighted by molar-refractivity contribution is 0.262. The molecule has 2 N–H and O–H groups in total. The summed E-state index contributed by atoms with van der Waals surface area (Å²) in [6.07, 6.45) is 1.73. The normalized spacial score (nSPS) is 10.5. The molecule has 0 unspecified atom stereocenters. The number of nitrogens with zero attached hydrogens (tertiary/aromatic N) is 1. The first-order chi connectivity index (χ1) is 10.6. The van der Waals surface area contributed by atoms with Gasteiger partial charge in [0, 0.05) is 23.0 Å². The Labute approximate surface area is 137 Å². The lowest BCUT2D eigenvalue weighted by atomic mass is 10.2. The summed E-state index contributed by atoms with van der Waals surface area (Å²) in [6, 6.07) is 13.8. The molecule has 0 aliphatic carbocycles. The second-order valence-corrected chi connectivity index (χ2v) is 5.43. The van der Waals surface area contributed by atoms with Crippen LogP contribution in [-0.4, -0.2) is 11.0 Å². The Morgan fingerprint density at radius 3 is 2.41 bits per heavy atom. The number of carbonyl (C=O) groups excluding carboxylic acids is 1. The minimum absolute atomic E-state index is 0.360. The van der Waals surface area contributed by atoms with Gasteiger partial charge < -0.3 is 10.6 Å². The fourth-order valence-corrected chi connectivity index (χ4v) is 2.32. The third-order valence-electron chi connectivity index (χ3n) is 3.04. The van der Waals surface area contributed by atoms with Crippen molar-refractivity contribution in [2.45, 2.75) is 0 Å². The van der Waals surface area contributed by atoms with E-state index in [2.05, 4.69) is 15.6 Å². The molecule has 0 saturated heterocycles.